The van der Waals surface area contributed by atoms with Gasteiger partial charge in [-0.15, -0.1) is 0 Å². The number of rotatable bonds is 7. The Balaban J connectivity index is 1.64. The van der Waals surface area contributed by atoms with Gasteiger partial charge in [0.05, 0.1) is 19.3 Å². The molecule has 0 radical (unpaired) electrons. The summed E-state index contributed by atoms with van der Waals surface area (Å²) in [6.07, 6.45) is 5.77. The van der Waals surface area contributed by atoms with Crippen LogP contribution in [0.15, 0.2) is 0 Å². The summed E-state index contributed by atoms with van der Waals surface area (Å²) in [5, 5.41) is 2.91. The maximum Gasteiger partial charge on any atom is 0.407 e. The van der Waals surface area contributed by atoms with E-state index in [1.807, 2.05) is 20.8 Å². The minimum atomic E-state index is -0.452. The first-order valence-corrected chi connectivity index (χ1v) is 9.34. The van der Waals surface area contributed by atoms with E-state index in [4.69, 9.17) is 14.2 Å². The van der Waals surface area contributed by atoms with E-state index in [1.54, 1.807) is 0 Å². The lowest BCUT2D eigenvalue weighted by molar-refractivity contribution is 0.00359. The number of carbonyl (C=O) groups is 1. The van der Waals surface area contributed by atoms with E-state index in [2.05, 4.69) is 10.2 Å². The number of hydrogen-bond acceptors (Lipinski definition) is 5. The molecule has 0 aromatic rings. The van der Waals surface area contributed by atoms with Crippen LogP contribution in [0.5, 0.6) is 0 Å². The second kappa shape index (κ2) is 9.59. The van der Waals surface area contributed by atoms with Crippen LogP contribution in [-0.2, 0) is 14.2 Å². The average molecular weight is 342 g/mol. The highest BCUT2D eigenvalue weighted by molar-refractivity contribution is 5.67. The van der Waals surface area contributed by atoms with Crippen LogP contribution < -0.4 is 5.32 Å². The zero-order chi connectivity index (χ0) is 17.4. The van der Waals surface area contributed by atoms with E-state index in [9.17, 15) is 4.79 Å². The smallest absolute Gasteiger partial charge is 0.407 e. The van der Waals surface area contributed by atoms with Crippen molar-refractivity contribution < 1.29 is 19.0 Å². The molecule has 0 saturated carbocycles. The molecule has 2 atom stereocenters. The van der Waals surface area contributed by atoms with Gasteiger partial charge in [0.1, 0.15) is 5.60 Å². The van der Waals surface area contributed by atoms with E-state index in [-0.39, 0.29) is 12.2 Å². The monoisotopic (exact) mass is 342 g/mol. The van der Waals surface area contributed by atoms with E-state index in [1.165, 1.54) is 12.8 Å². The Bertz CT molecular complexity index is 378. The number of nitrogens with zero attached hydrogens (tertiary/aromatic N) is 1. The molecule has 0 bridgehead atoms. The van der Waals surface area contributed by atoms with Gasteiger partial charge in [0, 0.05) is 25.7 Å². The third kappa shape index (κ3) is 7.36. The molecular formula is C18H34N2O4. The quantitative estimate of drug-likeness (QED) is 0.721. The van der Waals surface area contributed by atoms with E-state index < -0.39 is 5.60 Å². The minimum absolute atomic E-state index is 0.288. The van der Waals surface area contributed by atoms with Crippen molar-refractivity contribution in [3.8, 4) is 0 Å². The lowest BCUT2D eigenvalue weighted by Gasteiger charge is -2.35. The predicted octanol–water partition coefficient (Wildman–Crippen LogP) is 2.56. The van der Waals surface area contributed by atoms with Gasteiger partial charge in [-0.05, 0) is 53.0 Å². The van der Waals surface area contributed by atoms with Gasteiger partial charge in [0.15, 0.2) is 0 Å². The van der Waals surface area contributed by atoms with Crippen LogP contribution in [0.4, 0.5) is 4.79 Å². The first kappa shape index (κ1) is 19.5. The molecule has 2 aliphatic heterocycles. The summed E-state index contributed by atoms with van der Waals surface area (Å²) in [5.74, 6) is 0. The summed E-state index contributed by atoms with van der Waals surface area (Å²) in [7, 11) is 0. The molecule has 1 amide bonds. The third-order valence-electron chi connectivity index (χ3n) is 4.48. The van der Waals surface area contributed by atoms with Crippen molar-refractivity contribution >= 4 is 6.09 Å². The molecule has 2 aliphatic rings. The molecule has 2 fully saturated rings. The largest absolute Gasteiger partial charge is 0.444 e. The molecule has 2 saturated heterocycles. The first-order chi connectivity index (χ1) is 11.4. The van der Waals surface area contributed by atoms with Gasteiger partial charge in [-0.3, -0.25) is 4.90 Å². The van der Waals surface area contributed by atoms with Crippen LogP contribution in [0.2, 0.25) is 0 Å². The van der Waals surface area contributed by atoms with Crippen LogP contribution in [0, 0.1) is 0 Å². The predicted molar refractivity (Wildman–Crippen MR) is 93.2 cm³/mol. The number of piperidine rings is 1. The molecule has 24 heavy (non-hydrogen) atoms. The Morgan fingerprint density at radius 2 is 2.08 bits per heavy atom. The lowest BCUT2D eigenvalue weighted by atomic mass is 10.0. The Kier molecular flexibility index (Phi) is 7.78. The van der Waals surface area contributed by atoms with Crippen LogP contribution in [0.3, 0.4) is 0 Å². The fourth-order valence-electron chi connectivity index (χ4n) is 3.27. The van der Waals surface area contributed by atoms with Gasteiger partial charge in [0.25, 0.3) is 0 Å². The standard InChI is InChI=1S/C18H34N2O4/c1-18(2,3)24-17(21)19-13-15-7-4-5-9-20(15)10-12-22-14-16-8-6-11-23-16/h15-16H,4-14H2,1-3H3,(H,19,21). The molecule has 1 N–H and O–H groups in total. The molecule has 2 rings (SSSR count). The number of amides is 1. The highest BCUT2D eigenvalue weighted by atomic mass is 16.6. The Morgan fingerprint density at radius 1 is 1.25 bits per heavy atom. The summed E-state index contributed by atoms with van der Waals surface area (Å²) in [5.41, 5.74) is -0.452. The number of likely N-dealkylation sites (tertiary alicyclic amines) is 1. The molecule has 2 unspecified atom stereocenters. The molecule has 140 valence electrons. The average Bonchev–Trinajstić information content (AvgIpc) is 3.02. The van der Waals surface area contributed by atoms with Gasteiger partial charge < -0.3 is 19.5 Å². The van der Waals surface area contributed by atoms with Crippen molar-refractivity contribution in [2.24, 2.45) is 0 Å². The van der Waals surface area contributed by atoms with Gasteiger partial charge in [-0.25, -0.2) is 4.79 Å². The molecule has 6 nitrogen and oxygen atoms in total. The van der Waals surface area contributed by atoms with Gasteiger partial charge in [-0.1, -0.05) is 6.42 Å². The Morgan fingerprint density at radius 3 is 2.79 bits per heavy atom. The number of carbonyl (C=O) groups excluding carboxylic acids is 1. The third-order valence-corrected chi connectivity index (χ3v) is 4.48. The van der Waals surface area contributed by atoms with E-state index in [0.29, 0.717) is 19.2 Å². The minimum Gasteiger partial charge on any atom is -0.444 e. The first-order valence-electron chi connectivity index (χ1n) is 9.34. The number of ether oxygens (including phenoxy) is 3. The van der Waals surface area contributed by atoms with Gasteiger partial charge in [-0.2, -0.15) is 0 Å². The van der Waals surface area contributed by atoms with Crippen molar-refractivity contribution in [1.82, 2.24) is 10.2 Å². The topological polar surface area (TPSA) is 60.0 Å². The van der Waals surface area contributed by atoms with Crippen LogP contribution in [-0.4, -0.2) is 68.2 Å². The van der Waals surface area contributed by atoms with Crippen molar-refractivity contribution in [3.05, 3.63) is 0 Å². The zero-order valence-corrected chi connectivity index (χ0v) is 15.5. The SMILES string of the molecule is CC(C)(C)OC(=O)NCC1CCCCN1CCOCC1CCCO1. The maximum atomic E-state index is 11.8. The summed E-state index contributed by atoms with van der Waals surface area (Å²) >= 11 is 0. The normalized spacial score (nSPS) is 25.6. The summed E-state index contributed by atoms with van der Waals surface area (Å²) in [4.78, 5) is 14.3. The fraction of sp³-hybridized carbons (Fsp3) is 0.944. The Hall–Kier alpha value is -0.850. The molecule has 0 aromatic carbocycles. The van der Waals surface area contributed by atoms with Crippen molar-refractivity contribution in [3.63, 3.8) is 0 Å². The van der Waals surface area contributed by atoms with Crippen molar-refractivity contribution in [2.45, 2.75) is 70.6 Å². The zero-order valence-electron chi connectivity index (χ0n) is 15.5. The second-order valence-corrected chi connectivity index (χ2v) is 7.78. The summed E-state index contributed by atoms with van der Waals surface area (Å²) in [6.45, 7) is 10.6. The highest BCUT2D eigenvalue weighted by Gasteiger charge is 2.24. The number of nitrogens with one attached hydrogen (secondary N) is 1. The van der Waals surface area contributed by atoms with Crippen LogP contribution in [0.25, 0.3) is 0 Å². The van der Waals surface area contributed by atoms with Gasteiger partial charge >= 0.3 is 6.09 Å². The van der Waals surface area contributed by atoms with Crippen molar-refractivity contribution in [1.29, 1.82) is 0 Å². The number of hydrogen-bond donors (Lipinski definition) is 1. The lowest BCUT2D eigenvalue weighted by Crippen LogP contribution is -2.48. The Labute approximate surface area is 146 Å². The van der Waals surface area contributed by atoms with E-state index >= 15 is 0 Å². The number of alkyl carbamates (subject to hydrolysis) is 1. The second-order valence-electron chi connectivity index (χ2n) is 7.78. The molecule has 6 heteroatoms. The van der Waals surface area contributed by atoms with Crippen LogP contribution >= 0.6 is 0 Å². The van der Waals surface area contributed by atoms with Crippen LogP contribution in [0.1, 0.15) is 52.9 Å². The van der Waals surface area contributed by atoms with Gasteiger partial charge in [0.2, 0.25) is 0 Å². The maximum absolute atomic E-state index is 11.8. The summed E-state index contributed by atoms with van der Waals surface area (Å²) in [6, 6.07) is 0.373. The summed E-state index contributed by atoms with van der Waals surface area (Å²) < 4.78 is 16.7. The van der Waals surface area contributed by atoms with E-state index in [0.717, 1.165) is 45.6 Å². The molecule has 2 heterocycles. The molecule has 0 aromatic heterocycles. The fourth-order valence-corrected chi connectivity index (χ4v) is 3.27. The molecular weight excluding hydrogens is 308 g/mol. The molecule has 0 spiro atoms. The highest BCUT2D eigenvalue weighted by Crippen LogP contribution is 2.17. The molecule has 0 aliphatic carbocycles. The van der Waals surface area contributed by atoms with Crippen molar-refractivity contribution in [2.75, 3.05) is 39.5 Å².